The predicted molar refractivity (Wildman–Crippen MR) is 124 cm³/mol. The Morgan fingerprint density at radius 1 is 1.19 bits per heavy atom. The molecule has 0 spiro atoms. The Kier molecular flexibility index (Phi) is 7.75. The summed E-state index contributed by atoms with van der Waals surface area (Å²) in [5.74, 6) is 0.328. The number of aliphatic hydroxyl groups is 1. The fourth-order valence-electron chi connectivity index (χ4n) is 4.03. The first-order chi connectivity index (χ1) is 14.8. The average molecular weight is 447 g/mol. The second-order valence-corrected chi connectivity index (χ2v) is 10.4. The summed E-state index contributed by atoms with van der Waals surface area (Å²) in [6, 6.07) is 14.6. The fraction of sp³-hybridized carbons (Fsp3) is 0.500. The minimum atomic E-state index is -3.81. The maximum absolute atomic E-state index is 13.5. The van der Waals surface area contributed by atoms with Crippen molar-refractivity contribution in [3.63, 3.8) is 0 Å². The first-order valence-corrected chi connectivity index (χ1v) is 12.4. The number of sulfonamides is 1. The number of nitrogens with zero attached hydrogens (tertiary/aromatic N) is 2. The zero-order valence-corrected chi connectivity index (χ0v) is 19.7. The third kappa shape index (κ3) is 5.29. The maximum Gasteiger partial charge on any atom is 0.247 e. The van der Waals surface area contributed by atoms with Crippen molar-refractivity contribution in [2.75, 3.05) is 33.3 Å². The third-order valence-corrected chi connectivity index (χ3v) is 7.89. The summed E-state index contributed by atoms with van der Waals surface area (Å²) in [4.78, 5) is 2.38. The van der Waals surface area contributed by atoms with Gasteiger partial charge in [0.1, 0.15) is 16.7 Å². The lowest BCUT2D eigenvalue weighted by Crippen LogP contribution is -2.49. The molecule has 31 heavy (non-hydrogen) atoms. The molecule has 0 fully saturated rings. The van der Waals surface area contributed by atoms with E-state index in [1.54, 1.807) is 13.0 Å². The van der Waals surface area contributed by atoms with Crippen molar-refractivity contribution in [2.45, 2.75) is 44.2 Å². The van der Waals surface area contributed by atoms with Crippen molar-refractivity contribution in [3.05, 3.63) is 48.5 Å². The van der Waals surface area contributed by atoms with Crippen LogP contribution in [-0.4, -0.2) is 68.2 Å². The van der Waals surface area contributed by atoms with Crippen LogP contribution in [0.5, 0.6) is 5.75 Å². The van der Waals surface area contributed by atoms with Crippen LogP contribution < -0.4 is 4.74 Å². The van der Waals surface area contributed by atoms with Crippen LogP contribution in [0.2, 0.25) is 0 Å². The Labute approximate surface area is 186 Å². The molecule has 0 bridgehead atoms. The van der Waals surface area contributed by atoms with Crippen LogP contribution >= 0.6 is 0 Å². The van der Waals surface area contributed by atoms with E-state index in [1.807, 2.05) is 49.4 Å². The lowest BCUT2D eigenvalue weighted by atomic mass is 10.0. The molecule has 2 aromatic carbocycles. The van der Waals surface area contributed by atoms with Gasteiger partial charge in [-0.05, 0) is 50.2 Å². The Hall–Kier alpha value is -1.93. The van der Waals surface area contributed by atoms with Gasteiger partial charge < -0.3 is 14.7 Å². The van der Waals surface area contributed by atoms with Crippen LogP contribution in [0.3, 0.4) is 0 Å². The highest BCUT2D eigenvalue weighted by Gasteiger charge is 2.38. The van der Waals surface area contributed by atoms with Crippen LogP contribution in [0.4, 0.5) is 0 Å². The van der Waals surface area contributed by atoms with Gasteiger partial charge in [0.05, 0.1) is 6.61 Å². The van der Waals surface area contributed by atoms with E-state index in [0.717, 1.165) is 24.1 Å². The topological polar surface area (TPSA) is 70.1 Å². The predicted octanol–water partition coefficient (Wildman–Crippen LogP) is 3.46. The molecule has 0 radical (unpaired) electrons. The normalized spacial score (nSPS) is 22.3. The third-order valence-electron chi connectivity index (χ3n) is 5.87. The zero-order valence-electron chi connectivity index (χ0n) is 18.9. The summed E-state index contributed by atoms with van der Waals surface area (Å²) in [6.45, 7) is 7.60. The van der Waals surface area contributed by atoms with Gasteiger partial charge in [0, 0.05) is 25.0 Å². The molecule has 3 rings (SSSR count). The lowest BCUT2D eigenvalue weighted by Gasteiger charge is -2.37. The molecule has 0 saturated carbocycles. The van der Waals surface area contributed by atoms with Crippen LogP contribution in [0.15, 0.2) is 53.4 Å². The summed E-state index contributed by atoms with van der Waals surface area (Å²) in [5.41, 5.74) is 1.91. The van der Waals surface area contributed by atoms with Gasteiger partial charge in [-0.3, -0.25) is 0 Å². The fourth-order valence-corrected chi connectivity index (χ4v) is 5.86. The number of hydrogen-bond acceptors (Lipinski definition) is 5. The van der Waals surface area contributed by atoms with E-state index in [-0.39, 0.29) is 23.5 Å². The quantitative estimate of drug-likeness (QED) is 0.705. The van der Waals surface area contributed by atoms with Gasteiger partial charge in [-0.15, -0.1) is 0 Å². The highest BCUT2D eigenvalue weighted by Crippen LogP contribution is 2.36. The summed E-state index contributed by atoms with van der Waals surface area (Å²) < 4.78 is 34.9. The van der Waals surface area contributed by atoms with Gasteiger partial charge in [-0.25, -0.2) is 8.42 Å². The van der Waals surface area contributed by atoms with Gasteiger partial charge in [0.2, 0.25) is 10.0 Å². The summed E-state index contributed by atoms with van der Waals surface area (Å²) >= 11 is 0. The molecule has 0 unspecified atom stereocenters. The van der Waals surface area contributed by atoms with Crippen LogP contribution in [0, 0.1) is 5.92 Å². The van der Waals surface area contributed by atoms with Crippen molar-refractivity contribution in [1.82, 2.24) is 9.21 Å². The smallest absolute Gasteiger partial charge is 0.247 e. The van der Waals surface area contributed by atoms with Crippen molar-refractivity contribution in [1.29, 1.82) is 0 Å². The largest absolute Gasteiger partial charge is 0.487 e. The van der Waals surface area contributed by atoms with Gasteiger partial charge in [-0.1, -0.05) is 50.2 Å². The van der Waals surface area contributed by atoms with E-state index in [1.165, 1.54) is 4.31 Å². The molecular formula is C24H34N2O4S. The van der Waals surface area contributed by atoms with Crippen LogP contribution in [0.1, 0.15) is 27.2 Å². The maximum atomic E-state index is 13.5. The minimum absolute atomic E-state index is 0.0448. The highest BCUT2D eigenvalue weighted by molar-refractivity contribution is 7.89. The SMILES string of the molecule is CCCN(C)C[C@H]1Oc2cc(-c3ccccc3)ccc2S(=O)(=O)N([C@@H](C)CO)C[C@H]1C. The Morgan fingerprint density at radius 3 is 2.55 bits per heavy atom. The Morgan fingerprint density at radius 2 is 1.90 bits per heavy atom. The number of aliphatic hydroxyl groups excluding tert-OH is 1. The Bertz CT molecular complexity index is 965. The van der Waals surface area contributed by atoms with Gasteiger partial charge in [-0.2, -0.15) is 4.31 Å². The molecule has 170 valence electrons. The van der Waals surface area contributed by atoms with Gasteiger partial charge in [0.25, 0.3) is 0 Å². The van der Waals surface area contributed by atoms with Crippen LogP contribution in [0.25, 0.3) is 11.1 Å². The van der Waals surface area contributed by atoms with E-state index >= 15 is 0 Å². The molecule has 0 aromatic heterocycles. The molecule has 0 aliphatic carbocycles. The van der Waals surface area contributed by atoms with E-state index in [0.29, 0.717) is 18.8 Å². The molecule has 0 saturated heterocycles. The van der Waals surface area contributed by atoms with Crippen molar-refractivity contribution in [3.8, 4) is 16.9 Å². The summed E-state index contributed by atoms with van der Waals surface area (Å²) in [6.07, 6.45) is 0.860. The highest BCUT2D eigenvalue weighted by atomic mass is 32.2. The number of ether oxygens (including phenoxy) is 1. The molecule has 1 aliphatic heterocycles. The van der Waals surface area contributed by atoms with E-state index in [2.05, 4.69) is 18.9 Å². The number of benzene rings is 2. The van der Waals surface area contributed by atoms with Crippen molar-refractivity contribution < 1.29 is 18.3 Å². The molecule has 3 atom stereocenters. The lowest BCUT2D eigenvalue weighted by molar-refractivity contribution is 0.0753. The minimum Gasteiger partial charge on any atom is -0.487 e. The Balaban J connectivity index is 2.10. The summed E-state index contributed by atoms with van der Waals surface area (Å²) in [7, 11) is -1.75. The molecule has 1 heterocycles. The summed E-state index contributed by atoms with van der Waals surface area (Å²) in [5, 5.41) is 9.74. The van der Waals surface area contributed by atoms with Crippen molar-refractivity contribution >= 4 is 10.0 Å². The molecule has 7 heteroatoms. The monoisotopic (exact) mass is 446 g/mol. The van der Waals surface area contributed by atoms with Gasteiger partial charge >= 0.3 is 0 Å². The second kappa shape index (κ2) is 10.1. The molecule has 1 aliphatic rings. The molecular weight excluding hydrogens is 412 g/mol. The standard InChI is InChI=1S/C24H34N2O4S/c1-5-13-25(4)16-23-18(2)15-26(19(3)17-27)31(28,29)24-12-11-21(14-22(24)30-23)20-9-7-6-8-10-20/h6-12,14,18-19,23,27H,5,13,15-17H2,1-4H3/t18-,19+,23-/m1/s1. The van der Waals surface area contributed by atoms with E-state index in [4.69, 9.17) is 4.74 Å². The van der Waals surface area contributed by atoms with Crippen molar-refractivity contribution in [2.24, 2.45) is 5.92 Å². The average Bonchev–Trinajstić information content (AvgIpc) is 2.76. The van der Waals surface area contributed by atoms with E-state index < -0.39 is 16.1 Å². The molecule has 6 nitrogen and oxygen atoms in total. The number of rotatable bonds is 7. The van der Waals surface area contributed by atoms with Crippen LogP contribution in [-0.2, 0) is 10.0 Å². The number of likely N-dealkylation sites (N-methyl/N-ethyl adjacent to an activating group) is 1. The number of hydrogen-bond donors (Lipinski definition) is 1. The molecule has 2 aromatic rings. The first kappa shape index (κ1) is 23.7. The first-order valence-electron chi connectivity index (χ1n) is 10.9. The van der Waals surface area contributed by atoms with Gasteiger partial charge in [0.15, 0.2) is 0 Å². The second-order valence-electron chi connectivity index (χ2n) is 8.53. The number of fused-ring (bicyclic) bond motifs is 1. The molecule has 1 N–H and O–H groups in total. The molecule has 0 amide bonds. The zero-order chi connectivity index (χ0) is 22.6. The van der Waals surface area contributed by atoms with E-state index in [9.17, 15) is 13.5 Å².